The van der Waals surface area contributed by atoms with Crippen molar-refractivity contribution in [3.05, 3.63) is 12.2 Å². The Hall–Kier alpha value is -1.40. The van der Waals surface area contributed by atoms with Gasteiger partial charge >= 0.3 is 5.97 Å². The molecule has 6 heteroatoms. The second-order valence-electron chi connectivity index (χ2n) is 17.9. The van der Waals surface area contributed by atoms with Crippen LogP contribution in [0.4, 0.5) is 0 Å². The van der Waals surface area contributed by atoms with Crippen molar-refractivity contribution in [1.82, 2.24) is 5.32 Å². The van der Waals surface area contributed by atoms with E-state index in [1.54, 1.807) is 0 Å². The van der Waals surface area contributed by atoms with Gasteiger partial charge in [0.25, 0.3) is 0 Å². The zero-order valence-electron chi connectivity index (χ0n) is 39.0. The van der Waals surface area contributed by atoms with Crippen LogP contribution in [-0.2, 0) is 14.3 Å². The molecule has 0 spiro atoms. The molecule has 0 saturated carbocycles. The highest BCUT2D eigenvalue weighted by Gasteiger charge is 2.20. The van der Waals surface area contributed by atoms with Gasteiger partial charge in [-0.25, -0.2) is 0 Å². The molecule has 0 aliphatic rings. The number of hydrogen-bond donors (Lipinski definition) is 3. The maximum absolute atomic E-state index is 12.4. The lowest BCUT2D eigenvalue weighted by molar-refractivity contribution is -0.143. The number of nitrogens with one attached hydrogen (secondary N) is 1. The van der Waals surface area contributed by atoms with Crippen LogP contribution in [0.1, 0.15) is 284 Å². The van der Waals surface area contributed by atoms with E-state index in [2.05, 4.69) is 31.3 Å². The first-order valence-corrected chi connectivity index (χ1v) is 25.9. The average molecular weight is 820 g/mol. The number of carbonyl (C=O) groups is 2. The summed E-state index contributed by atoms with van der Waals surface area (Å²) in [6.07, 6.45) is 54.6. The summed E-state index contributed by atoms with van der Waals surface area (Å²) in [5.74, 6) is -0.0827. The average Bonchev–Trinajstić information content (AvgIpc) is 3.22. The van der Waals surface area contributed by atoms with Gasteiger partial charge in [0.1, 0.15) is 0 Å². The largest absolute Gasteiger partial charge is 0.466 e. The third-order valence-corrected chi connectivity index (χ3v) is 12.1. The van der Waals surface area contributed by atoms with Crippen molar-refractivity contribution in [2.24, 2.45) is 0 Å². The molecular weight excluding hydrogens is 719 g/mol. The lowest BCUT2D eigenvalue weighted by Crippen LogP contribution is -2.45. The fraction of sp³-hybridized carbons (Fsp3) is 0.923. The zero-order valence-corrected chi connectivity index (χ0v) is 39.0. The predicted octanol–water partition coefficient (Wildman–Crippen LogP) is 15.3. The lowest BCUT2D eigenvalue weighted by Gasteiger charge is -2.22. The molecule has 0 aliphatic carbocycles. The van der Waals surface area contributed by atoms with Gasteiger partial charge in [-0.2, -0.15) is 0 Å². The van der Waals surface area contributed by atoms with Crippen LogP contribution >= 0.6 is 0 Å². The first-order chi connectivity index (χ1) is 28.5. The van der Waals surface area contributed by atoms with E-state index >= 15 is 0 Å². The minimum Gasteiger partial charge on any atom is -0.466 e. The molecule has 1 amide bonds. The van der Waals surface area contributed by atoms with E-state index in [1.807, 2.05) is 0 Å². The smallest absolute Gasteiger partial charge is 0.305 e. The molecule has 2 atom stereocenters. The number of esters is 1. The molecular formula is C52H101NO5. The first-order valence-electron chi connectivity index (χ1n) is 25.9. The van der Waals surface area contributed by atoms with E-state index in [0.29, 0.717) is 25.9 Å². The van der Waals surface area contributed by atoms with E-state index in [-0.39, 0.29) is 18.5 Å². The molecule has 2 unspecified atom stereocenters. The number of unbranched alkanes of at least 4 members (excludes halogenated alkanes) is 35. The summed E-state index contributed by atoms with van der Waals surface area (Å²) in [6, 6.07) is -0.557. The van der Waals surface area contributed by atoms with Gasteiger partial charge in [-0.3, -0.25) is 9.59 Å². The lowest BCUT2D eigenvalue weighted by atomic mass is 10.0. The van der Waals surface area contributed by atoms with Gasteiger partial charge in [0.2, 0.25) is 5.91 Å². The number of aliphatic hydroxyl groups excluding tert-OH is 2. The van der Waals surface area contributed by atoms with Gasteiger partial charge in [-0.05, 0) is 51.4 Å². The molecule has 0 aromatic rings. The first kappa shape index (κ1) is 56.6. The number of hydrogen-bond acceptors (Lipinski definition) is 5. The predicted molar refractivity (Wildman–Crippen MR) is 250 cm³/mol. The standard InChI is InChI=1S/C52H101NO5/c1-3-5-7-9-11-13-15-17-19-21-23-25-30-34-38-42-46-52(57)58-47-43-39-35-31-27-26-29-33-37-41-45-51(56)53-49(48-54)50(55)44-40-36-32-28-24-22-20-18-16-14-12-10-8-6-4-2/h19,21,49-50,54-55H,3-18,20,22-48H2,1-2H3,(H,53,56)/b21-19-. The molecule has 0 saturated heterocycles. The molecule has 6 nitrogen and oxygen atoms in total. The molecule has 0 heterocycles. The number of rotatable bonds is 48. The summed E-state index contributed by atoms with van der Waals surface area (Å²) in [6.45, 7) is 4.90. The summed E-state index contributed by atoms with van der Waals surface area (Å²) in [4.78, 5) is 24.5. The van der Waals surface area contributed by atoms with Crippen molar-refractivity contribution in [1.29, 1.82) is 0 Å². The van der Waals surface area contributed by atoms with Crippen LogP contribution in [0, 0.1) is 0 Å². The van der Waals surface area contributed by atoms with E-state index in [9.17, 15) is 19.8 Å². The van der Waals surface area contributed by atoms with E-state index in [0.717, 1.165) is 57.8 Å². The van der Waals surface area contributed by atoms with Gasteiger partial charge in [0, 0.05) is 12.8 Å². The third kappa shape index (κ3) is 44.2. The molecule has 0 fully saturated rings. The Bertz CT molecular complexity index is 863. The number of carbonyl (C=O) groups excluding carboxylic acids is 2. The van der Waals surface area contributed by atoms with Crippen LogP contribution in [-0.4, -0.2) is 47.4 Å². The molecule has 0 aromatic carbocycles. The topological polar surface area (TPSA) is 95.9 Å². The second-order valence-corrected chi connectivity index (χ2v) is 17.9. The maximum atomic E-state index is 12.4. The Morgan fingerprint density at radius 1 is 0.466 bits per heavy atom. The number of amides is 1. The van der Waals surface area contributed by atoms with Gasteiger partial charge in [-0.1, -0.05) is 231 Å². The van der Waals surface area contributed by atoms with Gasteiger partial charge < -0.3 is 20.3 Å². The molecule has 58 heavy (non-hydrogen) atoms. The fourth-order valence-corrected chi connectivity index (χ4v) is 8.05. The van der Waals surface area contributed by atoms with E-state index in [1.165, 1.54) is 193 Å². The van der Waals surface area contributed by atoms with Crippen molar-refractivity contribution in [3.8, 4) is 0 Å². The van der Waals surface area contributed by atoms with Crippen molar-refractivity contribution in [3.63, 3.8) is 0 Å². The minimum atomic E-state index is -0.678. The van der Waals surface area contributed by atoms with Crippen molar-refractivity contribution >= 4 is 11.9 Å². The third-order valence-electron chi connectivity index (χ3n) is 12.1. The maximum Gasteiger partial charge on any atom is 0.305 e. The van der Waals surface area contributed by atoms with Crippen molar-refractivity contribution < 1.29 is 24.5 Å². The summed E-state index contributed by atoms with van der Waals surface area (Å²) < 4.78 is 5.45. The Morgan fingerprint density at radius 3 is 1.22 bits per heavy atom. The number of aliphatic hydroxyl groups is 2. The molecule has 0 aliphatic heterocycles. The van der Waals surface area contributed by atoms with Gasteiger partial charge in [0.05, 0.1) is 25.4 Å². The highest BCUT2D eigenvalue weighted by molar-refractivity contribution is 5.76. The van der Waals surface area contributed by atoms with Crippen LogP contribution in [0.3, 0.4) is 0 Å². The van der Waals surface area contributed by atoms with E-state index < -0.39 is 12.1 Å². The molecule has 0 aromatic heterocycles. The number of allylic oxidation sites excluding steroid dienone is 2. The van der Waals surface area contributed by atoms with Crippen LogP contribution in [0.25, 0.3) is 0 Å². The quantitative estimate of drug-likeness (QED) is 0.0323. The van der Waals surface area contributed by atoms with Crippen LogP contribution in [0.15, 0.2) is 12.2 Å². The summed E-state index contributed by atoms with van der Waals surface area (Å²) >= 11 is 0. The minimum absolute atomic E-state index is 0.0258. The van der Waals surface area contributed by atoms with Gasteiger partial charge in [0.15, 0.2) is 0 Å². The molecule has 344 valence electrons. The number of ether oxygens (including phenoxy) is 1. The summed E-state index contributed by atoms with van der Waals surface area (Å²) in [5, 5.41) is 23.2. The highest BCUT2D eigenvalue weighted by Crippen LogP contribution is 2.16. The Kier molecular flexibility index (Phi) is 47.1. The van der Waals surface area contributed by atoms with Crippen LogP contribution in [0.5, 0.6) is 0 Å². The molecule has 3 N–H and O–H groups in total. The Balaban J connectivity index is 3.47. The Morgan fingerprint density at radius 2 is 0.810 bits per heavy atom. The van der Waals surface area contributed by atoms with Gasteiger partial charge in [-0.15, -0.1) is 0 Å². The molecule has 0 rings (SSSR count). The Labute approximate surface area is 361 Å². The monoisotopic (exact) mass is 820 g/mol. The molecule has 0 radical (unpaired) electrons. The normalized spacial score (nSPS) is 12.7. The van der Waals surface area contributed by atoms with E-state index in [4.69, 9.17) is 4.74 Å². The summed E-state index contributed by atoms with van der Waals surface area (Å²) in [7, 11) is 0. The van der Waals surface area contributed by atoms with Crippen molar-refractivity contribution in [2.75, 3.05) is 13.2 Å². The zero-order chi connectivity index (χ0) is 42.3. The van der Waals surface area contributed by atoms with Crippen molar-refractivity contribution in [2.45, 2.75) is 296 Å². The van der Waals surface area contributed by atoms with Crippen LogP contribution in [0.2, 0.25) is 0 Å². The molecule has 0 bridgehead atoms. The highest BCUT2D eigenvalue weighted by atomic mass is 16.5. The van der Waals surface area contributed by atoms with Crippen LogP contribution < -0.4 is 5.32 Å². The second kappa shape index (κ2) is 48.3. The summed E-state index contributed by atoms with van der Waals surface area (Å²) in [5.41, 5.74) is 0. The fourth-order valence-electron chi connectivity index (χ4n) is 8.05. The SMILES string of the molecule is CCCCCCCCC/C=C\CCCCCCCC(=O)OCCCCCCCCCCCCC(=O)NC(CO)C(O)CCCCCCCCCCCCCCCCC.